The van der Waals surface area contributed by atoms with Crippen LogP contribution in [0.3, 0.4) is 0 Å². The van der Waals surface area contributed by atoms with Crippen LogP contribution in [0.1, 0.15) is 32.6 Å². The predicted octanol–water partition coefficient (Wildman–Crippen LogP) is 4.07. The van der Waals surface area contributed by atoms with Crippen molar-refractivity contribution in [3.63, 3.8) is 0 Å². The predicted molar refractivity (Wildman–Crippen MR) is 133 cm³/mol. The molecule has 4 rings (SSSR count). The number of methoxy groups -OCH3 is 4. The van der Waals surface area contributed by atoms with E-state index in [-0.39, 0.29) is 0 Å². The third kappa shape index (κ3) is 5.32. The van der Waals surface area contributed by atoms with Crippen molar-refractivity contribution >= 4 is 5.97 Å². The number of hydrogen-bond donors (Lipinski definition) is 0. The van der Waals surface area contributed by atoms with E-state index < -0.39 is 5.97 Å². The average Bonchev–Trinajstić information content (AvgIpc) is 2.93. The summed E-state index contributed by atoms with van der Waals surface area (Å²) < 4.78 is 32.3. The Morgan fingerprint density at radius 2 is 1.22 bits per heavy atom. The summed E-state index contributed by atoms with van der Waals surface area (Å²) in [5, 5.41) is 0. The van der Waals surface area contributed by atoms with Gasteiger partial charge in [0.2, 0.25) is 0 Å². The third-order valence-electron chi connectivity index (χ3n) is 5.36. The van der Waals surface area contributed by atoms with Crippen LogP contribution >= 0.6 is 0 Å². The van der Waals surface area contributed by atoms with E-state index in [2.05, 4.69) is 23.7 Å². The minimum absolute atomic E-state index is 0.322. The summed E-state index contributed by atoms with van der Waals surface area (Å²) in [6.45, 7) is 1.04. The molecule has 0 saturated carbocycles. The number of carbonyl (C=O) groups excluding carboxylic acids is 1. The lowest BCUT2D eigenvalue weighted by molar-refractivity contribution is 0.0597. The molecular formula is C29H24O7. The van der Waals surface area contributed by atoms with Crippen molar-refractivity contribution in [2.24, 2.45) is 0 Å². The molecule has 0 radical (unpaired) electrons. The van der Waals surface area contributed by atoms with Crippen molar-refractivity contribution in [1.29, 1.82) is 0 Å². The molecule has 182 valence electrons. The van der Waals surface area contributed by atoms with Gasteiger partial charge < -0.3 is 28.4 Å². The molecule has 0 atom stereocenters. The van der Waals surface area contributed by atoms with E-state index in [1.165, 1.54) is 14.2 Å². The highest BCUT2D eigenvalue weighted by Gasteiger charge is 2.14. The van der Waals surface area contributed by atoms with Gasteiger partial charge >= 0.3 is 5.97 Å². The maximum atomic E-state index is 11.9. The summed E-state index contributed by atoms with van der Waals surface area (Å²) in [7, 11) is 5.93. The number of carbonyl (C=O) groups is 1. The van der Waals surface area contributed by atoms with E-state index in [1.54, 1.807) is 44.6 Å². The maximum absolute atomic E-state index is 11.9. The highest BCUT2D eigenvalue weighted by molar-refractivity contribution is 5.92. The van der Waals surface area contributed by atoms with E-state index in [0.717, 1.165) is 5.56 Å². The number of fused-ring (bicyclic) bond motifs is 1. The molecule has 0 spiro atoms. The smallest absolute Gasteiger partial charge is 0.341 e. The van der Waals surface area contributed by atoms with Gasteiger partial charge in [-0.3, -0.25) is 0 Å². The normalized spacial score (nSPS) is 11.2. The Bertz CT molecular complexity index is 1420. The fourth-order valence-corrected chi connectivity index (χ4v) is 3.53. The summed E-state index contributed by atoms with van der Waals surface area (Å²) in [5.41, 5.74) is 3.06. The zero-order chi connectivity index (χ0) is 25.5. The largest absolute Gasteiger partial charge is 0.496 e. The van der Waals surface area contributed by atoms with Crippen LogP contribution in [-0.2, 0) is 4.74 Å². The first-order valence-corrected chi connectivity index (χ1v) is 11.0. The molecule has 7 heteroatoms. The third-order valence-corrected chi connectivity index (χ3v) is 5.36. The Balaban J connectivity index is 1.73. The Morgan fingerprint density at radius 1 is 0.667 bits per heavy atom. The summed E-state index contributed by atoms with van der Waals surface area (Å²) in [5.74, 6) is 14.9. The molecule has 0 fully saturated rings. The summed E-state index contributed by atoms with van der Waals surface area (Å²) in [6.07, 6.45) is 0. The van der Waals surface area contributed by atoms with Crippen LogP contribution in [0.5, 0.6) is 28.7 Å². The Hall–Kier alpha value is -4.75. The first-order valence-electron chi connectivity index (χ1n) is 11.0. The van der Waals surface area contributed by atoms with Gasteiger partial charge in [-0.25, -0.2) is 4.79 Å². The monoisotopic (exact) mass is 484 g/mol. The lowest BCUT2D eigenvalue weighted by atomic mass is 10.0. The summed E-state index contributed by atoms with van der Waals surface area (Å²) >= 11 is 0. The Labute approximate surface area is 209 Å². The van der Waals surface area contributed by atoms with Gasteiger partial charge in [-0.1, -0.05) is 23.7 Å². The number of esters is 1. The van der Waals surface area contributed by atoms with Crippen molar-refractivity contribution in [3.8, 4) is 52.4 Å². The average molecular weight is 485 g/mol. The fraction of sp³-hybridized carbons (Fsp3) is 0.207. The van der Waals surface area contributed by atoms with Crippen LogP contribution in [0.25, 0.3) is 0 Å². The molecule has 1 aliphatic heterocycles. The van der Waals surface area contributed by atoms with Crippen LogP contribution in [0, 0.1) is 23.7 Å². The molecule has 0 aromatic heterocycles. The molecule has 1 heterocycles. The van der Waals surface area contributed by atoms with Crippen LogP contribution in [-0.4, -0.2) is 47.6 Å². The zero-order valence-electron chi connectivity index (χ0n) is 20.4. The lowest BCUT2D eigenvalue weighted by Gasteiger charge is -2.17. The molecule has 0 unspecified atom stereocenters. The Kier molecular flexibility index (Phi) is 7.53. The number of benzene rings is 3. The van der Waals surface area contributed by atoms with Gasteiger partial charge in [-0.15, -0.1) is 0 Å². The second-order valence-electron chi connectivity index (χ2n) is 7.52. The van der Waals surface area contributed by atoms with E-state index in [9.17, 15) is 4.79 Å². The van der Waals surface area contributed by atoms with Crippen LogP contribution in [0.15, 0.2) is 48.5 Å². The maximum Gasteiger partial charge on any atom is 0.341 e. The van der Waals surface area contributed by atoms with Gasteiger partial charge in [-0.2, -0.15) is 0 Å². The summed E-state index contributed by atoms with van der Waals surface area (Å²) in [4.78, 5) is 11.9. The van der Waals surface area contributed by atoms with Crippen molar-refractivity contribution in [1.82, 2.24) is 0 Å². The Morgan fingerprint density at radius 3 is 1.81 bits per heavy atom. The molecule has 1 aliphatic rings. The van der Waals surface area contributed by atoms with E-state index in [4.69, 9.17) is 28.4 Å². The molecule has 0 bridgehead atoms. The fourth-order valence-electron chi connectivity index (χ4n) is 3.53. The first kappa shape index (κ1) is 24.4. The lowest BCUT2D eigenvalue weighted by Crippen LogP contribution is -2.15. The van der Waals surface area contributed by atoms with Crippen LogP contribution in [0.4, 0.5) is 0 Å². The van der Waals surface area contributed by atoms with Crippen LogP contribution in [0.2, 0.25) is 0 Å². The minimum atomic E-state index is -0.483. The quantitative estimate of drug-likeness (QED) is 0.408. The molecule has 0 aliphatic carbocycles. The second kappa shape index (κ2) is 11.1. The second-order valence-corrected chi connectivity index (χ2v) is 7.52. The molecule has 0 amide bonds. The van der Waals surface area contributed by atoms with Crippen molar-refractivity contribution in [3.05, 3.63) is 76.3 Å². The molecule has 0 saturated heterocycles. The molecular weight excluding hydrogens is 460 g/mol. The van der Waals surface area contributed by atoms with Gasteiger partial charge in [0, 0.05) is 34.4 Å². The van der Waals surface area contributed by atoms with Crippen molar-refractivity contribution in [2.45, 2.75) is 0 Å². The number of ether oxygens (including phenoxy) is 6. The van der Waals surface area contributed by atoms with E-state index in [0.29, 0.717) is 64.2 Å². The van der Waals surface area contributed by atoms with Gasteiger partial charge in [0.05, 0.1) is 28.4 Å². The molecule has 0 N–H and O–H groups in total. The summed E-state index contributed by atoms with van der Waals surface area (Å²) in [6, 6.07) is 14.2. The van der Waals surface area contributed by atoms with Gasteiger partial charge in [0.25, 0.3) is 0 Å². The highest BCUT2D eigenvalue weighted by atomic mass is 16.6. The molecule has 36 heavy (non-hydrogen) atoms. The van der Waals surface area contributed by atoms with Crippen LogP contribution < -0.4 is 23.7 Å². The SMILES string of the molecule is COC(=O)c1ccc(C#Cc2cc(OC)c(OC)cc2C#Cc2ccc3c(c2)OCCO3)cc1OC. The van der Waals surface area contributed by atoms with Gasteiger partial charge in [0.1, 0.15) is 24.5 Å². The van der Waals surface area contributed by atoms with Crippen molar-refractivity contribution < 1.29 is 33.2 Å². The molecule has 3 aromatic carbocycles. The number of rotatable bonds is 4. The first-order chi connectivity index (χ1) is 17.6. The standard InChI is InChI=1S/C29H24O7/c1-31-25-15-19(7-11-23(25)29(30)34-4)5-9-21-17-26(32-2)27(33-3)18-22(21)10-6-20-8-12-24-28(16-20)36-14-13-35-24/h7-8,11-12,15-18H,13-14H2,1-4H3. The molecule has 7 nitrogen and oxygen atoms in total. The topological polar surface area (TPSA) is 72.5 Å². The van der Waals surface area contributed by atoms with E-state index in [1.807, 2.05) is 18.2 Å². The van der Waals surface area contributed by atoms with Gasteiger partial charge in [0.15, 0.2) is 23.0 Å². The minimum Gasteiger partial charge on any atom is -0.496 e. The number of hydrogen-bond acceptors (Lipinski definition) is 7. The van der Waals surface area contributed by atoms with Crippen molar-refractivity contribution in [2.75, 3.05) is 41.7 Å². The van der Waals surface area contributed by atoms with E-state index >= 15 is 0 Å². The highest BCUT2D eigenvalue weighted by Crippen LogP contribution is 2.32. The van der Waals surface area contributed by atoms with Gasteiger partial charge in [-0.05, 0) is 36.4 Å². The zero-order valence-corrected chi connectivity index (χ0v) is 20.4. The molecule has 3 aromatic rings.